The number of ether oxygens (including phenoxy) is 1. The molecular formula is C11H24N2O3. The van der Waals surface area contributed by atoms with E-state index < -0.39 is 12.5 Å². The molecule has 0 aliphatic carbocycles. The number of carbonyl (C=O) groups excluding carboxylic acids is 1. The predicted octanol–water partition coefficient (Wildman–Crippen LogP) is 0.439. The summed E-state index contributed by atoms with van der Waals surface area (Å²) in [4.78, 5) is 11.8. The van der Waals surface area contributed by atoms with Crippen LogP contribution in [0, 0.1) is 5.92 Å². The molecule has 0 aromatic carbocycles. The molecule has 0 saturated heterocycles. The molecule has 3 N–H and O–H groups in total. The zero-order chi connectivity index (χ0) is 12.6. The average Bonchev–Trinajstić information content (AvgIpc) is 2.25. The highest BCUT2D eigenvalue weighted by Gasteiger charge is 2.23. The Labute approximate surface area is 97.6 Å². The van der Waals surface area contributed by atoms with Crippen molar-refractivity contribution in [3.63, 3.8) is 0 Å². The Morgan fingerprint density at radius 3 is 2.50 bits per heavy atom. The third-order valence-electron chi connectivity index (χ3n) is 2.32. The van der Waals surface area contributed by atoms with Gasteiger partial charge in [0.15, 0.2) is 0 Å². The third kappa shape index (κ3) is 6.05. The van der Waals surface area contributed by atoms with E-state index in [0.717, 1.165) is 12.8 Å². The van der Waals surface area contributed by atoms with Gasteiger partial charge < -0.3 is 15.2 Å². The number of aliphatic hydroxyl groups excluding tert-OH is 1. The lowest BCUT2D eigenvalue weighted by Gasteiger charge is -2.23. The van der Waals surface area contributed by atoms with Crippen molar-refractivity contribution in [1.29, 1.82) is 0 Å². The van der Waals surface area contributed by atoms with Gasteiger partial charge in [0.05, 0.1) is 6.04 Å². The fourth-order valence-corrected chi connectivity index (χ4v) is 1.29. The molecule has 5 nitrogen and oxygen atoms in total. The van der Waals surface area contributed by atoms with Crippen LogP contribution in [0.2, 0.25) is 0 Å². The van der Waals surface area contributed by atoms with Crippen LogP contribution in [0.3, 0.4) is 0 Å². The Kier molecular flexibility index (Phi) is 8.15. The number of unbranched alkanes of at least 4 members (excludes halogenated alkanes) is 1. The molecule has 0 rings (SSSR count). The van der Waals surface area contributed by atoms with Gasteiger partial charge in [-0.25, -0.2) is 0 Å². The second kappa shape index (κ2) is 8.50. The Bertz CT molecular complexity index is 198. The van der Waals surface area contributed by atoms with Crippen LogP contribution < -0.4 is 10.6 Å². The Hall–Kier alpha value is -0.650. The molecular weight excluding hydrogens is 208 g/mol. The minimum Gasteiger partial charge on any atom is -0.356 e. The molecule has 1 unspecified atom stereocenters. The zero-order valence-corrected chi connectivity index (χ0v) is 10.6. The van der Waals surface area contributed by atoms with E-state index in [1.54, 1.807) is 0 Å². The van der Waals surface area contributed by atoms with E-state index in [-0.39, 0.29) is 11.8 Å². The molecule has 0 bridgehead atoms. The zero-order valence-electron chi connectivity index (χ0n) is 10.6. The number of carbonyl (C=O) groups is 1. The summed E-state index contributed by atoms with van der Waals surface area (Å²) in [5, 5.41) is 14.8. The van der Waals surface area contributed by atoms with Crippen molar-refractivity contribution in [2.45, 2.75) is 46.1 Å². The molecule has 16 heavy (non-hydrogen) atoms. The number of hydrogen-bond donors (Lipinski definition) is 3. The molecule has 0 spiro atoms. The summed E-state index contributed by atoms with van der Waals surface area (Å²) in [6.45, 7) is 6.57. The normalized spacial score (nSPS) is 14.9. The van der Waals surface area contributed by atoms with Crippen molar-refractivity contribution in [3.05, 3.63) is 0 Å². The minimum atomic E-state index is -1.11. The van der Waals surface area contributed by atoms with Gasteiger partial charge in [0.1, 0.15) is 0 Å². The maximum atomic E-state index is 11.8. The summed E-state index contributed by atoms with van der Waals surface area (Å²) >= 11 is 0. The van der Waals surface area contributed by atoms with E-state index in [9.17, 15) is 9.90 Å². The summed E-state index contributed by atoms with van der Waals surface area (Å²) in [7, 11) is 1.38. The van der Waals surface area contributed by atoms with Crippen LogP contribution in [0.15, 0.2) is 0 Å². The monoisotopic (exact) mass is 232 g/mol. The minimum absolute atomic E-state index is 0.0893. The largest absolute Gasteiger partial charge is 0.356 e. The fourth-order valence-electron chi connectivity index (χ4n) is 1.29. The van der Waals surface area contributed by atoms with Crippen LogP contribution in [0.25, 0.3) is 0 Å². The summed E-state index contributed by atoms with van der Waals surface area (Å²) in [5.74, 6) is -0.00836. The number of rotatable bonds is 8. The highest BCUT2D eigenvalue weighted by atomic mass is 16.6. The van der Waals surface area contributed by atoms with Crippen LogP contribution in [0.5, 0.6) is 0 Å². The van der Waals surface area contributed by atoms with Gasteiger partial charge >= 0.3 is 0 Å². The van der Waals surface area contributed by atoms with Gasteiger partial charge in [0, 0.05) is 13.7 Å². The van der Waals surface area contributed by atoms with Crippen LogP contribution in [0.4, 0.5) is 0 Å². The van der Waals surface area contributed by atoms with E-state index in [4.69, 9.17) is 0 Å². The standard InChI is InChI=1S/C11H24N2O3/c1-5-6-7-12-10(14)9(8(2)3)13-11(15)16-4/h8-9,11,13,15H,5-7H2,1-4H3,(H,12,14)/t9-,11?/m0/s1. The average molecular weight is 232 g/mol. The molecule has 0 aromatic rings. The Morgan fingerprint density at radius 2 is 2.06 bits per heavy atom. The molecule has 1 amide bonds. The van der Waals surface area contributed by atoms with E-state index in [1.165, 1.54) is 7.11 Å². The van der Waals surface area contributed by atoms with E-state index in [0.29, 0.717) is 6.54 Å². The summed E-state index contributed by atoms with van der Waals surface area (Å²) < 4.78 is 4.67. The van der Waals surface area contributed by atoms with Crippen LogP contribution in [0.1, 0.15) is 33.6 Å². The van der Waals surface area contributed by atoms with E-state index in [1.807, 2.05) is 13.8 Å². The smallest absolute Gasteiger partial charge is 0.237 e. The topological polar surface area (TPSA) is 70.6 Å². The van der Waals surface area contributed by atoms with Crippen LogP contribution >= 0.6 is 0 Å². The summed E-state index contributed by atoms with van der Waals surface area (Å²) in [6.07, 6.45) is 0.897. The van der Waals surface area contributed by atoms with Gasteiger partial charge in [-0.1, -0.05) is 27.2 Å². The van der Waals surface area contributed by atoms with E-state index >= 15 is 0 Å². The molecule has 0 fully saturated rings. The van der Waals surface area contributed by atoms with Crippen molar-refractivity contribution in [1.82, 2.24) is 10.6 Å². The van der Waals surface area contributed by atoms with Gasteiger partial charge in [0.25, 0.3) is 0 Å². The van der Waals surface area contributed by atoms with Crippen molar-refractivity contribution >= 4 is 5.91 Å². The second-order valence-electron chi connectivity index (χ2n) is 4.12. The molecule has 5 heteroatoms. The van der Waals surface area contributed by atoms with Crippen molar-refractivity contribution in [2.24, 2.45) is 5.92 Å². The van der Waals surface area contributed by atoms with Crippen molar-refractivity contribution in [3.8, 4) is 0 Å². The fraction of sp³-hybridized carbons (Fsp3) is 0.909. The molecule has 0 radical (unpaired) electrons. The SMILES string of the molecule is CCCCNC(=O)[C@@H](NC(O)OC)C(C)C. The number of nitrogens with one attached hydrogen (secondary N) is 2. The third-order valence-corrected chi connectivity index (χ3v) is 2.32. The maximum Gasteiger partial charge on any atom is 0.237 e. The Morgan fingerprint density at radius 1 is 1.44 bits per heavy atom. The second-order valence-corrected chi connectivity index (χ2v) is 4.12. The lowest BCUT2D eigenvalue weighted by Crippen LogP contribution is -2.51. The first kappa shape index (κ1) is 15.3. The molecule has 0 aliphatic rings. The van der Waals surface area contributed by atoms with Gasteiger partial charge in [-0.3, -0.25) is 10.1 Å². The number of methoxy groups -OCH3 is 1. The first-order chi connectivity index (χ1) is 7.52. The lowest BCUT2D eigenvalue weighted by molar-refractivity contribution is -0.135. The van der Waals surface area contributed by atoms with Gasteiger partial charge in [-0.05, 0) is 12.3 Å². The molecule has 2 atom stereocenters. The first-order valence-corrected chi connectivity index (χ1v) is 5.77. The van der Waals surface area contributed by atoms with Crippen molar-refractivity contribution in [2.75, 3.05) is 13.7 Å². The van der Waals surface area contributed by atoms with Gasteiger partial charge in [0.2, 0.25) is 12.3 Å². The molecule has 0 aromatic heterocycles. The van der Waals surface area contributed by atoms with E-state index in [2.05, 4.69) is 22.3 Å². The first-order valence-electron chi connectivity index (χ1n) is 5.77. The van der Waals surface area contributed by atoms with Gasteiger partial charge in [-0.15, -0.1) is 0 Å². The molecule has 0 heterocycles. The number of hydrogen-bond acceptors (Lipinski definition) is 4. The van der Waals surface area contributed by atoms with Crippen LogP contribution in [-0.4, -0.2) is 37.1 Å². The highest BCUT2D eigenvalue weighted by molar-refractivity contribution is 5.81. The molecule has 0 saturated carbocycles. The predicted molar refractivity (Wildman–Crippen MR) is 62.7 cm³/mol. The maximum absolute atomic E-state index is 11.8. The number of aliphatic hydroxyl groups is 1. The summed E-state index contributed by atoms with van der Waals surface area (Å²) in [5.41, 5.74) is 0. The lowest BCUT2D eigenvalue weighted by atomic mass is 10.0. The molecule has 96 valence electrons. The number of amides is 1. The Balaban J connectivity index is 4.13. The van der Waals surface area contributed by atoms with Gasteiger partial charge in [-0.2, -0.15) is 0 Å². The van der Waals surface area contributed by atoms with Crippen molar-refractivity contribution < 1.29 is 14.6 Å². The highest BCUT2D eigenvalue weighted by Crippen LogP contribution is 2.03. The molecule has 0 aliphatic heterocycles. The quantitative estimate of drug-likeness (QED) is 0.419. The summed E-state index contributed by atoms with van der Waals surface area (Å²) in [6, 6.07) is -0.438. The van der Waals surface area contributed by atoms with Crippen LogP contribution in [-0.2, 0) is 9.53 Å².